The molecule has 2 rings (SSSR count). The summed E-state index contributed by atoms with van der Waals surface area (Å²) >= 11 is 19.7. The molecule has 0 spiro atoms. The maximum atomic E-state index is 6.34. The molecule has 1 unspecified atom stereocenters. The highest BCUT2D eigenvalue weighted by atomic mass is 79.9. The van der Waals surface area contributed by atoms with Crippen LogP contribution in [0, 0.1) is 6.92 Å². The number of hydrogen-bond donors (Lipinski definition) is 1. The van der Waals surface area contributed by atoms with Crippen LogP contribution < -0.4 is 5.32 Å². The number of hydrogen-bond acceptors (Lipinski definition) is 1. The zero-order valence-corrected chi connectivity index (χ0v) is 15.7. The summed E-state index contributed by atoms with van der Waals surface area (Å²) in [5.41, 5.74) is 3.24. The van der Waals surface area contributed by atoms with Gasteiger partial charge >= 0.3 is 0 Å². The Balaban J connectivity index is 2.58. The SMILES string of the molecule is CNC(c1cc(Br)c(C)cc1Br)c1cccc(Cl)c1Cl. The first-order chi connectivity index (χ1) is 9.45. The van der Waals surface area contributed by atoms with Crippen molar-refractivity contribution in [1.82, 2.24) is 5.32 Å². The van der Waals surface area contributed by atoms with Crippen molar-refractivity contribution < 1.29 is 0 Å². The summed E-state index contributed by atoms with van der Waals surface area (Å²) in [5.74, 6) is 0. The van der Waals surface area contributed by atoms with Gasteiger partial charge in [-0.25, -0.2) is 0 Å². The van der Waals surface area contributed by atoms with Gasteiger partial charge in [-0.05, 0) is 48.9 Å². The molecule has 106 valence electrons. The van der Waals surface area contributed by atoms with Crippen molar-refractivity contribution in [3.05, 3.63) is 66.0 Å². The highest BCUT2D eigenvalue weighted by Gasteiger charge is 2.19. The molecule has 0 saturated carbocycles. The average molecular weight is 438 g/mol. The van der Waals surface area contributed by atoms with E-state index in [0.717, 1.165) is 20.1 Å². The molecule has 0 saturated heterocycles. The van der Waals surface area contributed by atoms with E-state index in [1.54, 1.807) is 6.07 Å². The molecule has 1 atom stereocenters. The molecule has 2 aromatic rings. The van der Waals surface area contributed by atoms with E-state index in [2.05, 4.69) is 56.2 Å². The lowest BCUT2D eigenvalue weighted by atomic mass is 9.98. The average Bonchev–Trinajstić information content (AvgIpc) is 2.41. The molecule has 0 aliphatic rings. The monoisotopic (exact) mass is 435 g/mol. The van der Waals surface area contributed by atoms with E-state index < -0.39 is 0 Å². The van der Waals surface area contributed by atoms with Gasteiger partial charge in [0, 0.05) is 8.95 Å². The Morgan fingerprint density at radius 3 is 2.40 bits per heavy atom. The highest BCUT2D eigenvalue weighted by molar-refractivity contribution is 9.11. The number of halogens is 4. The molecule has 0 fully saturated rings. The molecular weight excluding hydrogens is 425 g/mol. The molecule has 1 N–H and O–H groups in total. The van der Waals surface area contributed by atoms with Crippen LogP contribution in [0.25, 0.3) is 0 Å². The zero-order valence-electron chi connectivity index (χ0n) is 11.0. The quantitative estimate of drug-likeness (QED) is 0.608. The third-order valence-corrected chi connectivity index (χ3v) is 5.54. The number of nitrogens with one attached hydrogen (secondary N) is 1. The van der Waals surface area contributed by atoms with Crippen LogP contribution in [-0.2, 0) is 0 Å². The van der Waals surface area contributed by atoms with E-state index in [1.807, 2.05) is 19.2 Å². The second-order valence-electron chi connectivity index (χ2n) is 4.49. The Bertz CT molecular complexity index is 644. The smallest absolute Gasteiger partial charge is 0.0643 e. The summed E-state index contributed by atoms with van der Waals surface area (Å²) in [6, 6.07) is 9.83. The van der Waals surface area contributed by atoms with Crippen molar-refractivity contribution >= 4 is 55.1 Å². The Labute approximate surface area is 145 Å². The predicted molar refractivity (Wildman–Crippen MR) is 93.9 cm³/mol. The second kappa shape index (κ2) is 6.80. The molecule has 5 heteroatoms. The van der Waals surface area contributed by atoms with E-state index in [0.29, 0.717) is 10.0 Å². The van der Waals surface area contributed by atoms with E-state index in [4.69, 9.17) is 23.2 Å². The van der Waals surface area contributed by atoms with Crippen molar-refractivity contribution in [1.29, 1.82) is 0 Å². The molecule has 0 aliphatic heterocycles. The maximum Gasteiger partial charge on any atom is 0.0643 e. The molecule has 0 bridgehead atoms. The maximum absolute atomic E-state index is 6.34. The van der Waals surface area contributed by atoms with Crippen molar-refractivity contribution in [3.8, 4) is 0 Å². The number of aryl methyl sites for hydroxylation is 1. The minimum atomic E-state index is -0.0347. The van der Waals surface area contributed by atoms with Crippen LogP contribution >= 0.6 is 55.1 Å². The van der Waals surface area contributed by atoms with Crippen molar-refractivity contribution in [3.63, 3.8) is 0 Å². The van der Waals surface area contributed by atoms with Gasteiger partial charge in [-0.1, -0.05) is 67.2 Å². The van der Waals surface area contributed by atoms with E-state index in [-0.39, 0.29) is 6.04 Å². The van der Waals surface area contributed by atoms with Gasteiger partial charge in [0.2, 0.25) is 0 Å². The molecule has 2 aromatic carbocycles. The molecule has 1 nitrogen and oxygen atoms in total. The standard InChI is InChI=1S/C15H13Br2Cl2N/c1-8-6-12(17)10(7-11(8)16)15(20-2)9-4-3-5-13(18)14(9)19/h3-7,15,20H,1-2H3. The van der Waals surface area contributed by atoms with Crippen LogP contribution in [0.2, 0.25) is 10.0 Å². The fourth-order valence-electron chi connectivity index (χ4n) is 2.10. The molecular formula is C15H13Br2Cl2N. The lowest BCUT2D eigenvalue weighted by molar-refractivity contribution is 0.688. The summed E-state index contributed by atoms with van der Waals surface area (Å²) in [6.07, 6.45) is 0. The van der Waals surface area contributed by atoms with Gasteiger partial charge in [-0.3, -0.25) is 0 Å². The third kappa shape index (κ3) is 3.23. The molecule has 20 heavy (non-hydrogen) atoms. The van der Waals surface area contributed by atoms with Gasteiger partial charge in [0.1, 0.15) is 0 Å². The zero-order chi connectivity index (χ0) is 14.9. The van der Waals surface area contributed by atoms with Crippen molar-refractivity contribution in [2.24, 2.45) is 0 Å². The Hall–Kier alpha value is -0.0600. The number of benzene rings is 2. The van der Waals surface area contributed by atoms with Crippen LogP contribution in [0.5, 0.6) is 0 Å². The topological polar surface area (TPSA) is 12.0 Å². The van der Waals surface area contributed by atoms with Gasteiger partial charge in [0.25, 0.3) is 0 Å². The first kappa shape index (κ1) is 16.3. The lowest BCUT2D eigenvalue weighted by Crippen LogP contribution is -2.18. The molecule has 0 heterocycles. The van der Waals surface area contributed by atoms with Crippen LogP contribution in [0.15, 0.2) is 39.3 Å². The first-order valence-electron chi connectivity index (χ1n) is 6.02. The number of rotatable bonds is 3. The summed E-state index contributed by atoms with van der Waals surface area (Å²) in [6.45, 7) is 2.05. The molecule has 0 radical (unpaired) electrons. The summed E-state index contributed by atoms with van der Waals surface area (Å²) in [4.78, 5) is 0. The minimum Gasteiger partial charge on any atom is -0.309 e. The van der Waals surface area contributed by atoms with Gasteiger partial charge in [0.15, 0.2) is 0 Å². The molecule has 0 aromatic heterocycles. The van der Waals surface area contributed by atoms with E-state index in [9.17, 15) is 0 Å². The van der Waals surface area contributed by atoms with Gasteiger partial charge in [0.05, 0.1) is 16.1 Å². The Morgan fingerprint density at radius 1 is 1.05 bits per heavy atom. The van der Waals surface area contributed by atoms with E-state index >= 15 is 0 Å². The largest absolute Gasteiger partial charge is 0.309 e. The van der Waals surface area contributed by atoms with Gasteiger partial charge in [-0.15, -0.1) is 0 Å². The highest BCUT2D eigenvalue weighted by Crippen LogP contribution is 2.37. The van der Waals surface area contributed by atoms with Crippen molar-refractivity contribution in [2.45, 2.75) is 13.0 Å². The normalized spacial score (nSPS) is 12.5. The summed E-state index contributed by atoms with van der Waals surface area (Å²) in [5, 5.41) is 4.44. The Kier molecular flexibility index (Phi) is 5.55. The first-order valence-corrected chi connectivity index (χ1v) is 8.36. The summed E-state index contributed by atoms with van der Waals surface area (Å²) in [7, 11) is 1.90. The lowest BCUT2D eigenvalue weighted by Gasteiger charge is -2.21. The van der Waals surface area contributed by atoms with Crippen LogP contribution in [-0.4, -0.2) is 7.05 Å². The third-order valence-electron chi connectivity index (χ3n) is 3.17. The van der Waals surface area contributed by atoms with Gasteiger partial charge < -0.3 is 5.32 Å². The molecule has 0 aliphatic carbocycles. The second-order valence-corrected chi connectivity index (χ2v) is 6.98. The molecule has 0 amide bonds. The fraction of sp³-hybridized carbons (Fsp3) is 0.200. The predicted octanol–water partition coefficient (Wildman–Crippen LogP) is 6.14. The summed E-state index contributed by atoms with van der Waals surface area (Å²) < 4.78 is 2.10. The minimum absolute atomic E-state index is 0.0347. The fourth-order valence-corrected chi connectivity index (χ4v) is 3.57. The van der Waals surface area contributed by atoms with Crippen molar-refractivity contribution in [2.75, 3.05) is 7.05 Å². The van der Waals surface area contributed by atoms with Crippen LogP contribution in [0.1, 0.15) is 22.7 Å². The van der Waals surface area contributed by atoms with Gasteiger partial charge in [-0.2, -0.15) is 0 Å². The van der Waals surface area contributed by atoms with Crippen LogP contribution in [0.4, 0.5) is 0 Å². The van der Waals surface area contributed by atoms with Crippen LogP contribution in [0.3, 0.4) is 0 Å². The van der Waals surface area contributed by atoms with E-state index in [1.165, 1.54) is 5.56 Å². The Morgan fingerprint density at radius 2 is 1.75 bits per heavy atom.